The number of ether oxygens (including phenoxy) is 1. The van der Waals surface area contributed by atoms with Gasteiger partial charge in [-0.25, -0.2) is 0 Å². The molecule has 3 aromatic carbocycles. The lowest BCUT2D eigenvalue weighted by Gasteiger charge is -2.40. The highest BCUT2D eigenvalue weighted by atomic mass is 35.5. The molecular weight excluding hydrogens is 410 g/mol. The number of nitrogen functional groups attached to an aromatic ring is 1. The van der Waals surface area contributed by atoms with Gasteiger partial charge in [0.05, 0.1) is 29.4 Å². The molecule has 1 aliphatic heterocycles. The number of anilines is 1. The molecule has 31 heavy (non-hydrogen) atoms. The molecule has 0 aliphatic carbocycles. The number of carbonyl (C=O) groups is 1. The number of methoxy groups -OCH3 is 1. The van der Waals surface area contributed by atoms with Crippen LogP contribution in [-0.2, 0) is 0 Å². The van der Waals surface area contributed by atoms with Crippen LogP contribution >= 0.6 is 11.6 Å². The Bertz CT molecular complexity index is 996. The fraction of sp³-hybridized carbons (Fsp3) is 0.240. The molecule has 2 N–H and O–H groups in total. The standard InChI is InChI=1S/C25H26ClN3O2/c1-31-23-17-22(27)21(26)16-20(23)25(30)29-14-12-28(13-15-29)24(18-8-4-2-5-9-18)19-10-6-3-7-11-19/h2-11,16-17,24H,12-15,27H2,1H3. The van der Waals surface area contributed by atoms with E-state index in [1.54, 1.807) is 12.1 Å². The van der Waals surface area contributed by atoms with Gasteiger partial charge in [-0.15, -0.1) is 0 Å². The van der Waals surface area contributed by atoms with Gasteiger partial charge in [0, 0.05) is 32.2 Å². The van der Waals surface area contributed by atoms with Crippen LogP contribution in [0.4, 0.5) is 5.69 Å². The molecule has 0 radical (unpaired) electrons. The van der Waals surface area contributed by atoms with Crippen LogP contribution in [0, 0.1) is 0 Å². The molecule has 0 saturated carbocycles. The highest BCUT2D eigenvalue weighted by molar-refractivity contribution is 6.33. The van der Waals surface area contributed by atoms with Crippen LogP contribution in [0.2, 0.25) is 5.02 Å². The first-order valence-electron chi connectivity index (χ1n) is 10.3. The molecule has 0 bridgehead atoms. The van der Waals surface area contributed by atoms with Gasteiger partial charge in [-0.05, 0) is 17.2 Å². The topological polar surface area (TPSA) is 58.8 Å². The SMILES string of the molecule is COc1cc(N)c(Cl)cc1C(=O)N1CCN(C(c2ccccc2)c2ccccc2)CC1. The van der Waals surface area contributed by atoms with Crippen molar-refractivity contribution in [3.8, 4) is 5.75 Å². The van der Waals surface area contributed by atoms with Gasteiger partial charge in [0.2, 0.25) is 0 Å². The fourth-order valence-electron chi connectivity index (χ4n) is 4.14. The summed E-state index contributed by atoms with van der Waals surface area (Å²) in [6, 6.07) is 24.4. The van der Waals surface area contributed by atoms with Gasteiger partial charge >= 0.3 is 0 Å². The molecule has 1 fully saturated rings. The summed E-state index contributed by atoms with van der Waals surface area (Å²) in [6.45, 7) is 2.79. The van der Waals surface area contributed by atoms with Crippen molar-refractivity contribution in [1.82, 2.24) is 9.80 Å². The van der Waals surface area contributed by atoms with Crippen molar-refractivity contribution in [1.29, 1.82) is 0 Å². The minimum atomic E-state index is -0.0885. The zero-order chi connectivity index (χ0) is 21.8. The molecule has 1 heterocycles. The number of piperazine rings is 1. The molecule has 6 heteroatoms. The van der Waals surface area contributed by atoms with Crippen LogP contribution in [0.5, 0.6) is 5.75 Å². The van der Waals surface area contributed by atoms with Crippen LogP contribution in [0.15, 0.2) is 72.8 Å². The second-order valence-electron chi connectivity index (χ2n) is 7.63. The number of hydrogen-bond donors (Lipinski definition) is 1. The van der Waals surface area contributed by atoms with Gasteiger partial charge in [0.25, 0.3) is 5.91 Å². The summed E-state index contributed by atoms with van der Waals surface area (Å²) in [5, 5.41) is 0.357. The van der Waals surface area contributed by atoms with Crippen molar-refractivity contribution >= 4 is 23.2 Å². The Morgan fingerprint density at radius 1 is 0.935 bits per heavy atom. The van der Waals surface area contributed by atoms with E-state index in [2.05, 4.69) is 53.4 Å². The third-order valence-corrected chi connectivity index (χ3v) is 6.07. The Labute approximate surface area is 188 Å². The van der Waals surface area contributed by atoms with Crippen LogP contribution in [0.25, 0.3) is 0 Å². The summed E-state index contributed by atoms with van der Waals surface area (Å²) in [7, 11) is 1.53. The van der Waals surface area contributed by atoms with Gasteiger partial charge in [-0.1, -0.05) is 72.3 Å². The Balaban J connectivity index is 1.53. The largest absolute Gasteiger partial charge is 0.496 e. The molecule has 160 valence electrons. The summed E-state index contributed by atoms with van der Waals surface area (Å²) < 4.78 is 5.37. The number of halogens is 1. The monoisotopic (exact) mass is 435 g/mol. The highest BCUT2D eigenvalue weighted by Gasteiger charge is 2.29. The van der Waals surface area contributed by atoms with Gasteiger partial charge in [0.15, 0.2) is 0 Å². The van der Waals surface area contributed by atoms with E-state index in [1.807, 2.05) is 17.0 Å². The summed E-state index contributed by atoms with van der Waals surface area (Å²) in [5.74, 6) is 0.357. The predicted molar refractivity (Wildman–Crippen MR) is 125 cm³/mol. The van der Waals surface area contributed by atoms with Crippen molar-refractivity contribution in [3.05, 3.63) is 94.5 Å². The minimum absolute atomic E-state index is 0.0885. The first-order chi connectivity index (χ1) is 15.1. The van der Waals surface area contributed by atoms with E-state index in [0.29, 0.717) is 35.1 Å². The molecule has 5 nitrogen and oxygen atoms in total. The fourth-order valence-corrected chi connectivity index (χ4v) is 4.31. The molecule has 0 spiro atoms. The number of hydrogen-bond acceptors (Lipinski definition) is 4. The van der Waals surface area contributed by atoms with Gasteiger partial charge in [-0.3, -0.25) is 9.69 Å². The lowest BCUT2D eigenvalue weighted by atomic mass is 9.96. The van der Waals surface area contributed by atoms with E-state index in [-0.39, 0.29) is 11.9 Å². The van der Waals surface area contributed by atoms with Crippen molar-refractivity contribution in [2.24, 2.45) is 0 Å². The maximum absolute atomic E-state index is 13.2. The number of nitrogens with zero attached hydrogens (tertiary/aromatic N) is 2. The third kappa shape index (κ3) is 4.53. The molecule has 0 aromatic heterocycles. The van der Waals surface area contributed by atoms with Crippen molar-refractivity contribution in [2.45, 2.75) is 6.04 Å². The summed E-state index contributed by atoms with van der Waals surface area (Å²) in [6.07, 6.45) is 0. The maximum Gasteiger partial charge on any atom is 0.257 e. The summed E-state index contributed by atoms with van der Waals surface area (Å²) >= 11 is 6.17. The average molecular weight is 436 g/mol. The molecule has 1 saturated heterocycles. The molecule has 1 amide bonds. The van der Waals surface area contributed by atoms with E-state index >= 15 is 0 Å². The molecule has 0 unspecified atom stereocenters. The molecule has 4 rings (SSSR count). The predicted octanol–water partition coefficient (Wildman–Crippen LogP) is 4.48. The van der Waals surface area contributed by atoms with E-state index in [9.17, 15) is 4.79 Å². The van der Waals surface area contributed by atoms with Gasteiger partial charge < -0.3 is 15.4 Å². The highest BCUT2D eigenvalue weighted by Crippen LogP contribution is 2.32. The van der Waals surface area contributed by atoms with Crippen LogP contribution in [-0.4, -0.2) is 49.0 Å². The Morgan fingerprint density at radius 2 is 1.48 bits per heavy atom. The number of benzene rings is 3. The van der Waals surface area contributed by atoms with Crippen molar-refractivity contribution in [3.63, 3.8) is 0 Å². The lowest BCUT2D eigenvalue weighted by Crippen LogP contribution is -2.49. The van der Waals surface area contributed by atoms with E-state index < -0.39 is 0 Å². The molecule has 3 aromatic rings. The maximum atomic E-state index is 13.2. The Hall–Kier alpha value is -3.02. The first kappa shape index (κ1) is 21.2. The number of amides is 1. The minimum Gasteiger partial charge on any atom is -0.496 e. The lowest BCUT2D eigenvalue weighted by molar-refractivity contribution is 0.0594. The molecular formula is C25H26ClN3O2. The van der Waals surface area contributed by atoms with Crippen LogP contribution in [0.1, 0.15) is 27.5 Å². The van der Waals surface area contributed by atoms with E-state index in [0.717, 1.165) is 13.1 Å². The van der Waals surface area contributed by atoms with Crippen molar-refractivity contribution < 1.29 is 9.53 Å². The third-order valence-electron chi connectivity index (χ3n) is 5.75. The number of carbonyl (C=O) groups excluding carboxylic acids is 1. The second-order valence-corrected chi connectivity index (χ2v) is 8.03. The second kappa shape index (κ2) is 9.41. The zero-order valence-corrected chi connectivity index (χ0v) is 18.3. The normalized spacial score (nSPS) is 14.6. The van der Waals surface area contributed by atoms with Gasteiger partial charge in [0.1, 0.15) is 5.75 Å². The first-order valence-corrected chi connectivity index (χ1v) is 10.7. The average Bonchev–Trinajstić information content (AvgIpc) is 2.82. The molecule has 1 aliphatic rings. The Morgan fingerprint density at radius 3 is 2.00 bits per heavy atom. The Kier molecular flexibility index (Phi) is 6.44. The summed E-state index contributed by atoms with van der Waals surface area (Å²) in [4.78, 5) is 17.5. The van der Waals surface area contributed by atoms with Crippen molar-refractivity contribution in [2.75, 3.05) is 39.0 Å². The van der Waals surface area contributed by atoms with Gasteiger partial charge in [-0.2, -0.15) is 0 Å². The number of nitrogens with two attached hydrogens (primary N) is 1. The van der Waals surface area contributed by atoms with Crippen LogP contribution in [0.3, 0.4) is 0 Å². The van der Waals surface area contributed by atoms with E-state index in [4.69, 9.17) is 22.1 Å². The van der Waals surface area contributed by atoms with E-state index in [1.165, 1.54) is 18.2 Å². The van der Waals surface area contributed by atoms with Crippen LogP contribution < -0.4 is 10.5 Å². The smallest absolute Gasteiger partial charge is 0.257 e. The summed E-state index contributed by atoms with van der Waals surface area (Å²) in [5.41, 5.74) is 9.20. The molecule has 0 atom stereocenters. The quantitative estimate of drug-likeness (QED) is 0.600. The zero-order valence-electron chi connectivity index (χ0n) is 17.5. The number of rotatable bonds is 5.